The number of carbonyl (C=O) groups is 1. The van der Waals surface area contributed by atoms with Gasteiger partial charge in [-0.15, -0.1) is 0 Å². The molecule has 4 nitrogen and oxygen atoms in total. The number of ether oxygens (including phenoxy) is 1. The van der Waals surface area contributed by atoms with Crippen molar-refractivity contribution in [1.29, 1.82) is 0 Å². The number of hydrogen-bond acceptors (Lipinski definition) is 3. The number of pyridine rings is 1. The van der Waals surface area contributed by atoms with Crippen LogP contribution in [-0.2, 0) is 4.79 Å². The van der Waals surface area contributed by atoms with Crippen LogP contribution in [0.15, 0.2) is 42.6 Å². The van der Waals surface area contributed by atoms with Gasteiger partial charge in [0.2, 0.25) is 0 Å². The van der Waals surface area contributed by atoms with Gasteiger partial charge in [0.15, 0.2) is 6.10 Å². The summed E-state index contributed by atoms with van der Waals surface area (Å²) in [5.74, 6) is 0.902. The average Bonchev–Trinajstić information content (AvgIpc) is 2.49. The molecule has 1 heterocycles. The highest BCUT2D eigenvalue weighted by molar-refractivity contribution is 5.93. The van der Waals surface area contributed by atoms with E-state index in [2.05, 4.69) is 24.1 Å². The van der Waals surface area contributed by atoms with Gasteiger partial charge in [-0.3, -0.25) is 9.78 Å². The Kier molecular flexibility index (Phi) is 5.15. The Morgan fingerprint density at radius 3 is 2.50 bits per heavy atom. The van der Waals surface area contributed by atoms with E-state index < -0.39 is 6.10 Å². The summed E-state index contributed by atoms with van der Waals surface area (Å²) in [5.41, 5.74) is 2.68. The number of nitrogens with zero attached hydrogens (tertiary/aromatic N) is 1. The first-order valence-electron chi connectivity index (χ1n) is 7.46. The van der Waals surface area contributed by atoms with E-state index in [4.69, 9.17) is 4.74 Å². The van der Waals surface area contributed by atoms with Crippen LogP contribution in [0, 0.1) is 6.92 Å². The fraction of sp³-hybridized carbons (Fsp3) is 0.333. The number of anilines is 1. The molecule has 0 saturated heterocycles. The molecule has 22 heavy (non-hydrogen) atoms. The Balaban J connectivity index is 2.04. The van der Waals surface area contributed by atoms with Crippen molar-refractivity contribution in [3.63, 3.8) is 0 Å². The van der Waals surface area contributed by atoms with Crippen LogP contribution < -0.4 is 10.1 Å². The van der Waals surface area contributed by atoms with Crippen LogP contribution in [0.5, 0.6) is 5.75 Å². The van der Waals surface area contributed by atoms with Gasteiger partial charge in [0.1, 0.15) is 5.75 Å². The molecule has 0 aliphatic carbocycles. The van der Waals surface area contributed by atoms with E-state index in [0.717, 1.165) is 17.0 Å². The van der Waals surface area contributed by atoms with E-state index >= 15 is 0 Å². The highest BCUT2D eigenvalue weighted by Crippen LogP contribution is 2.26. The Morgan fingerprint density at radius 2 is 1.86 bits per heavy atom. The maximum absolute atomic E-state index is 12.2. The largest absolute Gasteiger partial charge is 0.481 e. The van der Waals surface area contributed by atoms with E-state index in [0.29, 0.717) is 11.6 Å². The fourth-order valence-electron chi connectivity index (χ4n) is 2.09. The number of carbonyl (C=O) groups excluding carboxylic acids is 1. The minimum atomic E-state index is -0.582. The molecule has 4 heteroatoms. The van der Waals surface area contributed by atoms with E-state index in [1.54, 1.807) is 13.1 Å². The predicted octanol–water partition coefficient (Wildman–Crippen LogP) is 3.92. The summed E-state index contributed by atoms with van der Waals surface area (Å²) in [6.45, 7) is 7.85. The first kappa shape index (κ1) is 16.0. The van der Waals surface area contributed by atoms with Crippen molar-refractivity contribution >= 4 is 11.6 Å². The smallest absolute Gasteiger partial charge is 0.265 e. The molecule has 1 atom stereocenters. The summed E-state index contributed by atoms with van der Waals surface area (Å²) >= 11 is 0. The van der Waals surface area contributed by atoms with Crippen LogP contribution in [0.25, 0.3) is 0 Å². The molecular weight excluding hydrogens is 276 g/mol. The molecule has 0 radical (unpaired) electrons. The van der Waals surface area contributed by atoms with Crippen molar-refractivity contribution in [2.75, 3.05) is 5.32 Å². The van der Waals surface area contributed by atoms with Gasteiger partial charge in [-0.05, 0) is 43.5 Å². The second kappa shape index (κ2) is 7.07. The lowest BCUT2D eigenvalue weighted by Crippen LogP contribution is -2.30. The summed E-state index contributed by atoms with van der Waals surface area (Å²) in [4.78, 5) is 16.4. The van der Waals surface area contributed by atoms with Gasteiger partial charge < -0.3 is 10.1 Å². The first-order valence-corrected chi connectivity index (χ1v) is 7.46. The number of aryl methyl sites for hydroxylation is 1. The van der Waals surface area contributed by atoms with Gasteiger partial charge in [-0.25, -0.2) is 0 Å². The molecule has 0 saturated carbocycles. The zero-order chi connectivity index (χ0) is 16.1. The topological polar surface area (TPSA) is 51.2 Å². The number of rotatable bonds is 5. The minimum absolute atomic E-state index is 0.191. The highest BCUT2D eigenvalue weighted by Gasteiger charge is 2.17. The number of aromatic nitrogens is 1. The number of nitrogens with one attached hydrogen (secondary N) is 1. The standard InChI is InChI=1S/C18H22N2O2/c1-12(2)16-7-5-6-8-17(16)22-14(4)18(21)20-15-10-9-13(3)19-11-15/h5-12,14H,1-4H3,(H,20,21). The SMILES string of the molecule is Cc1ccc(NC(=O)C(C)Oc2ccccc2C(C)C)cn1. The summed E-state index contributed by atoms with van der Waals surface area (Å²) in [5, 5.41) is 2.81. The second-order valence-electron chi connectivity index (χ2n) is 5.63. The lowest BCUT2D eigenvalue weighted by atomic mass is 10.0. The van der Waals surface area contributed by atoms with Crippen molar-refractivity contribution in [2.24, 2.45) is 0 Å². The van der Waals surface area contributed by atoms with Crippen LogP contribution in [0.3, 0.4) is 0 Å². The third-order valence-electron chi connectivity index (χ3n) is 3.39. The maximum atomic E-state index is 12.2. The molecule has 116 valence electrons. The van der Waals surface area contributed by atoms with Crippen molar-refractivity contribution < 1.29 is 9.53 Å². The van der Waals surface area contributed by atoms with Crippen LogP contribution >= 0.6 is 0 Å². The van der Waals surface area contributed by atoms with Crippen molar-refractivity contribution in [2.45, 2.75) is 39.7 Å². The van der Waals surface area contributed by atoms with Gasteiger partial charge in [-0.1, -0.05) is 32.0 Å². The van der Waals surface area contributed by atoms with Crippen molar-refractivity contribution in [3.05, 3.63) is 53.9 Å². The molecule has 0 aliphatic rings. The van der Waals surface area contributed by atoms with Gasteiger partial charge in [0.05, 0.1) is 11.9 Å². The summed E-state index contributed by atoms with van der Waals surface area (Å²) in [7, 11) is 0. The monoisotopic (exact) mass is 298 g/mol. The molecule has 1 N–H and O–H groups in total. The van der Waals surface area contributed by atoms with Crippen LogP contribution in [0.2, 0.25) is 0 Å². The molecule has 2 aromatic rings. The van der Waals surface area contributed by atoms with Crippen LogP contribution in [0.4, 0.5) is 5.69 Å². The molecule has 1 aromatic carbocycles. The van der Waals surface area contributed by atoms with Crippen molar-refractivity contribution in [1.82, 2.24) is 4.98 Å². The van der Waals surface area contributed by atoms with E-state index in [1.807, 2.05) is 43.3 Å². The summed E-state index contributed by atoms with van der Waals surface area (Å²) < 4.78 is 5.83. The molecule has 1 amide bonds. The normalized spacial score (nSPS) is 12.0. The molecule has 0 spiro atoms. The summed E-state index contributed by atoms with van der Waals surface area (Å²) in [6.07, 6.45) is 1.06. The van der Waals surface area contributed by atoms with Crippen LogP contribution in [-0.4, -0.2) is 17.0 Å². The zero-order valence-electron chi connectivity index (χ0n) is 13.5. The minimum Gasteiger partial charge on any atom is -0.481 e. The average molecular weight is 298 g/mol. The number of amides is 1. The Labute approximate surface area is 131 Å². The van der Waals surface area contributed by atoms with Crippen LogP contribution in [0.1, 0.15) is 37.9 Å². The maximum Gasteiger partial charge on any atom is 0.265 e. The molecule has 1 aromatic heterocycles. The van der Waals surface area contributed by atoms with Gasteiger partial charge >= 0.3 is 0 Å². The summed E-state index contributed by atoms with van der Waals surface area (Å²) in [6, 6.07) is 11.5. The quantitative estimate of drug-likeness (QED) is 0.910. The first-order chi connectivity index (χ1) is 10.5. The Hall–Kier alpha value is -2.36. The molecule has 0 aliphatic heterocycles. The number of benzene rings is 1. The lowest BCUT2D eigenvalue weighted by molar-refractivity contribution is -0.122. The fourth-order valence-corrected chi connectivity index (χ4v) is 2.09. The third kappa shape index (κ3) is 4.07. The Morgan fingerprint density at radius 1 is 1.14 bits per heavy atom. The molecule has 1 unspecified atom stereocenters. The highest BCUT2D eigenvalue weighted by atomic mass is 16.5. The number of para-hydroxylation sites is 1. The molecule has 0 fully saturated rings. The second-order valence-corrected chi connectivity index (χ2v) is 5.63. The molecule has 0 bridgehead atoms. The number of hydrogen-bond donors (Lipinski definition) is 1. The van der Waals surface area contributed by atoms with Crippen molar-refractivity contribution in [3.8, 4) is 5.75 Å². The van der Waals surface area contributed by atoms with Gasteiger partial charge in [0.25, 0.3) is 5.91 Å². The third-order valence-corrected chi connectivity index (χ3v) is 3.39. The van der Waals surface area contributed by atoms with E-state index in [9.17, 15) is 4.79 Å². The molecular formula is C18H22N2O2. The molecule has 2 rings (SSSR count). The predicted molar refractivity (Wildman–Crippen MR) is 88.2 cm³/mol. The lowest BCUT2D eigenvalue weighted by Gasteiger charge is -2.18. The Bertz CT molecular complexity index is 636. The zero-order valence-corrected chi connectivity index (χ0v) is 13.5. The van der Waals surface area contributed by atoms with Gasteiger partial charge in [-0.2, -0.15) is 0 Å². The van der Waals surface area contributed by atoms with E-state index in [1.165, 1.54) is 0 Å². The van der Waals surface area contributed by atoms with Gasteiger partial charge in [0, 0.05) is 5.69 Å². The van der Waals surface area contributed by atoms with E-state index in [-0.39, 0.29) is 5.91 Å².